The van der Waals surface area contributed by atoms with Crippen LogP contribution in [0.2, 0.25) is 0 Å². The van der Waals surface area contributed by atoms with Gasteiger partial charge in [0.25, 0.3) is 0 Å². The largest absolute Gasteiger partial charge is 0.349 e. The predicted molar refractivity (Wildman–Crippen MR) is 86.8 cm³/mol. The number of sulfonamides is 1. The maximum Gasteiger partial charge on any atom is 0.244 e. The summed E-state index contributed by atoms with van der Waals surface area (Å²) in [7, 11) is 0.138. The molecule has 5 nitrogen and oxygen atoms in total. The summed E-state index contributed by atoms with van der Waals surface area (Å²) in [5.74, 6) is 0.493. The minimum absolute atomic E-state index is 0.396. The Balaban J connectivity index is 2.99. The summed E-state index contributed by atoms with van der Waals surface area (Å²) in [5.41, 5.74) is 1.01. The molecule has 0 saturated heterocycles. The van der Waals surface area contributed by atoms with Gasteiger partial charge in [0.15, 0.2) is 0 Å². The van der Waals surface area contributed by atoms with E-state index in [1.54, 1.807) is 19.3 Å². The third-order valence-corrected chi connectivity index (χ3v) is 5.33. The molecule has 1 aromatic heterocycles. The molecule has 1 rings (SSSR count). The van der Waals surface area contributed by atoms with Gasteiger partial charge in [0, 0.05) is 38.6 Å². The molecule has 21 heavy (non-hydrogen) atoms. The Morgan fingerprint density at radius 2 is 2.05 bits per heavy atom. The summed E-state index contributed by atoms with van der Waals surface area (Å²) in [6.07, 6.45) is 3.61. The zero-order valence-electron chi connectivity index (χ0n) is 13.9. The standard InChI is InChI=1S/C15H29N3O2S/c1-6-8-18-12-15(10-14(18)11-16-4)21(19,20)17(5)9-7-13(2)3/h10,12-13,16H,6-9,11H2,1-5H3. The lowest BCUT2D eigenvalue weighted by molar-refractivity contribution is 0.428. The maximum absolute atomic E-state index is 12.6. The van der Waals surface area contributed by atoms with Gasteiger partial charge in [-0.15, -0.1) is 0 Å². The van der Waals surface area contributed by atoms with Gasteiger partial charge in [-0.1, -0.05) is 20.8 Å². The van der Waals surface area contributed by atoms with Gasteiger partial charge in [0.2, 0.25) is 10.0 Å². The summed E-state index contributed by atoms with van der Waals surface area (Å²) in [5, 5.41) is 3.09. The van der Waals surface area contributed by atoms with Crippen molar-refractivity contribution in [3.8, 4) is 0 Å². The second kappa shape index (κ2) is 7.96. The highest BCUT2D eigenvalue weighted by molar-refractivity contribution is 7.89. The number of nitrogens with zero attached hydrogens (tertiary/aromatic N) is 2. The molecule has 0 atom stereocenters. The number of aryl methyl sites for hydroxylation is 1. The lowest BCUT2D eigenvalue weighted by Gasteiger charge is -2.17. The van der Waals surface area contributed by atoms with Gasteiger partial charge in [-0.05, 0) is 31.9 Å². The minimum atomic E-state index is -3.39. The van der Waals surface area contributed by atoms with Crippen LogP contribution in [0, 0.1) is 5.92 Å². The van der Waals surface area contributed by atoms with Crippen molar-refractivity contribution in [2.24, 2.45) is 5.92 Å². The van der Waals surface area contributed by atoms with E-state index in [9.17, 15) is 8.42 Å². The monoisotopic (exact) mass is 315 g/mol. The summed E-state index contributed by atoms with van der Waals surface area (Å²) in [6.45, 7) is 8.35. The quantitative estimate of drug-likeness (QED) is 0.760. The van der Waals surface area contributed by atoms with E-state index in [1.807, 2.05) is 11.6 Å². The van der Waals surface area contributed by atoms with E-state index in [2.05, 4.69) is 26.1 Å². The Kier molecular flexibility index (Phi) is 6.90. The summed E-state index contributed by atoms with van der Waals surface area (Å²) >= 11 is 0. The van der Waals surface area contributed by atoms with Crippen LogP contribution in [0.15, 0.2) is 17.2 Å². The van der Waals surface area contributed by atoms with E-state index < -0.39 is 10.0 Å². The molecule has 0 amide bonds. The van der Waals surface area contributed by atoms with E-state index in [1.165, 1.54) is 4.31 Å². The minimum Gasteiger partial charge on any atom is -0.349 e. The van der Waals surface area contributed by atoms with E-state index in [0.29, 0.717) is 23.9 Å². The molecule has 0 fully saturated rings. The van der Waals surface area contributed by atoms with Crippen molar-refractivity contribution in [1.82, 2.24) is 14.2 Å². The zero-order chi connectivity index (χ0) is 16.0. The number of nitrogens with one attached hydrogen (secondary N) is 1. The molecule has 1 heterocycles. The molecule has 0 saturated carbocycles. The van der Waals surface area contributed by atoms with Crippen LogP contribution in [0.5, 0.6) is 0 Å². The third-order valence-electron chi connectivity index (χ3n) is 3.51. The first-order chi connectivity index (χ1) is 9.82. The number of rotatable bonds is 9. The van der Waals surface area contributed by atoms with Crippen molar-refractivity contribution >= 4 is 10.0 Å². The molecule has 122 valence electrons. The molecule has 1 aromatic rings. The Bertz CT molecular complexity index is 512. The average Bonchev–Trinajstić information content (AvgIpc) is 2.81. The van der Waals surface area contributed by atoms with Crippen LogP contribution in [-0.4, -0.2) is 37.9 Å². The van der Waals surface area contributed by atoms with Crippen LogP contribution in [0.25, 0.3) is 0 Å². The van der Waals surface area contributed by atoms with Crippen LogP contribution in [0.4, 0.5) is 0 Å². The molecule has 6 heteroatoms. The van der Waals surface area contributed by atoms with Crippen molar-refractivity contribution in [3.05, 3.63) is 18.0 Å². The van der Waals surface area contributed by atoms with Crippen LogP contribution < -0.4 is 5.32 Å². The van der Waals surface area contributed by atoms with Crippen LogP contribution >= 0.6 is 0 Å². The fraction of sp³-hybridized carbons (Fsp3) is 0.733. The highest BCUT2D eigenvalue weighted by Crippen LogP contribution is 2.19. The molecule has 1 N–H and O–H groups in total. The zero-order valence-corrected chi connectivity index (χ0v) is 14.7. The molecule has 0 radical (unpaired) electrons. The second-order valence-electron chi connectivity index (χ2n) is 5.90. The lowest BCUT2D eigenvalue weighted by atomic mass is 10.1. The number of hydrogen-bond donors (Lipinski definition) is 1. The molecule has 0 unspecified atom stereocenters. The normalized spacial score (nSPS) is 12.5. The average molecular weight is 315 g/mol. The maximum atomic E-state index is 12.6. The van der Waals surface area contributed by atoms with Gasteiger partial charge in [-0.25, -0.2) is 12.7 Å². The number of hydrogen-bond acceptors (Lipinski definition) is 3. The van der Waals surface area contributed by atoms with Crippen molar-refractivity contribution in [3.63, 3.8) is 0 Å². The first-order valence-corrected chi connectivity index (χ1v) is 9.06. The van der Waals surface area contributed by atoms with E-state index in [4.69, 9.17) is 0 Å². The third kappa shape index (κ3) is 4.83. The van der Waals surface area contributed by atoms with Gasteiger partial charge in [-0.3, -0.25) is 0 Å². The summed E-state index contributed by atoms with van der Waals surface area (Å²) in [6, 6.07) is 1.79. The highest BCUT2D eigenvalue weighted by atomic mass is 32.2. The van der Waals surface area contributed by atoms with Gasteiger partial charge in [0.1, 0.15) is 4.90 Å². The fourth-order valence-electron chi connectivity index (χ4n) is 2.18. The highest BCUT2D eigenvalue weighted by Gasteiger charge is 2.23. The fourth-order valence-corrected chi connectivity index (χ4v) is 3.44. The van der Waals surface area contributed by atoms with Crippen LogP contribution in [-0.2, 0) is 23.1 Å². The second-order valence-corrected chi connectivity index (χ2v) is 7.94. The first-order valence-electron chi connectivity index (χ1n) is 7.62. The lowest BCUT2D eigenvalue weighted by Crippen LogP contribution is -2.28. The molecular formula is C15H29N3O2S. The van der Waals surface area contributed by atoms with E-state index in [-0.39, 0.29) is 0 Å². The Labute approximate surface area is 129 Å². The smallest absolute Gasteiger partial charge is 0.244 e. The summed E-state index contributed by atoms with van der Waals surface area (Å²) < 4.78 is 28.7. The van der Waals surface area contributed by atoms with Crippen molar-refractivity contribution in [2.45, 2.75) is 51.6 Å². The first kappa shape index (κ1) is 18.2. The van der Waals surface area contributed by atoms with E-state index in [0.717, 1.165) is 25.1 Å². The molecule has 0 aliphatic heterocycles. The van der Waals surface area contributed by atoms with Crippen molar-refractivity contribution in [2.75, 3.05) is 20.6 Å². The molecule has 0 bridgehead atoms. The Morgan fingerprint density at radius 1 is 1.38 bits per heavy atom. The summed E-state index contributed by atoms with van der Waals surface area (Å²) in [4.78, 5) is 0.396. The molecule has 0 aliphatic rings. The van der Waals surface area contributed by atoms with Crippen molar-refractivity contribution in [1.29, 1.82) is 0 Å². The topological polar surface area (TPSA) is 54.3 Å². The van der Waals surface area contributed by atoms with Crippen LogP contribution in [0.3, 0.4) is 0 Å². The van der Waals surface area contributed by atoms with Gasteiger partial charge >= 0.3 is 0 Å². The van der Waals surface area contributed by atoms with Gasteiger partial charge in [0.05, 0.1) is 0 Å². The molecule has 0 aromatic carbocycles. The Morgan fingerprint density at radius 3 is 2.57 bits per heavy atom. The molecular weight excluding hydrogens is 286 g/mol. The molecule has 0 aliphatic carbocycles. The van der Waals surface area contributed by atoms with Gasteiger partial charge < -0.3 is 9.88 Å². The van der Waals surface area contributed by atoms with E-state index >= 15 is 0 Å². The van der Waals surface area contributed by atoms with Crippen LogP contribution in [0.1, 0.15) is 39.3 Å². The SMILES string of the molecule is CCCn1cc(S(=O)(=O)N(C)CCC(C)C)cc1CNC. The Hall–Kier alpha value is -0.850. The van der Waals surface area contributed by atoms with Crippen molar-refractivity contribution < 1.29 is 8.42 Å². The van der Waals surface area contributed by atoms with Gasteiger partial charge in [-0.2, -0.15) is 0 Å². The predicted octanol–water partition coefficient (Wildman–Crippen LogP) is 2.28. The number of aromatic nitrogens is 1. The molecule has 0 spiro atoms.